The number of carbonyl (C=O) groups is 1. The lowest BCUT2D eigenvalue weighted by molar-refractivity contribution is 0.0690. The average molecular weight is 418 g/mol. The number of benzene rings is 1. The topological polar surface area (TPSA) is 91.8 Å². The zero-order chi connectivity index (χ0) is 21.5. The number of halogens is 1. The molecule has 2 N–H and O–H groups in total. The van der Waals surface area contributed by atoms with Crippen molar-refractivity contribution in [2.45, 2.75) is 44.4 Å². The van der Waals surface area contributed by atoms with Crippen molar-refractivity contribution >= 4 is 27.9 Å². The van der Waals surface area contributed by atoms with Gasteiger partial charge in [-0.2, -0.15) is 0 Å². The van der Waals surface area contributed by atoms with Crippen LogP contribution in [0.4, 0.5) is 4.39 Å². The van der Waals surface area contributed by atoms with E-state index in [2.05, 4.69) is 26.9 Å². The molecule has 1 aliphatic rings. The molecule has 0 aliphatic heterocycles. The maximum atomic E-state index is 13.8. The normalized spacial score (nSPS) is 20.2. The van der Waals surface area contributed by atoms with Crippen molar-refractivity contribution in [3.8, 4) is 0 Å². The predicted molar refractivity (Wildman–Crippen MR) is 116 cm³/mol. The van der Waals surface area contributed by atoms with Gasteiger partial charge in [-0.25, -0.2) is 19.2 Å². The number of aromatic carboxylic acids is 1. The summed E-state index contributed by atoms with van der Waals surface area (Å²) in [6.45, 7) is 2.17. The average Bonchev–Trinajstić information content (AvgIpc) is 3.21. The Morgan fingerprint density at radius 1 is 1.13 bits per heavy atom. The van der Waals surface area contributed by atoms with Crippen LogP contribution in [0.15, 0.2) is 42.7 Å². The Kier molecular flexibility index (Phi) is 4.88. The molecule has 0 amide bonds. The third-order valence-corrected chi connectivity index (χ3v) is 6.69. The molecule has 1 aromatic carbocycles. The molecule has 0 radical (unpaired) electrons. The van der Waals surface area contributed by atoms with Gasteiger partial charge in [-0.3, -0.25) is 4.98 Å². The Balaban J connectivity index is 1.33. The van der Waals surface area contributed by atoms with Crippen LogP contribution in [0.25, 0.3) is 21.9 Å². The van der Waals surface area contributed by atoms with Gasteiger partial charge >= 0.3 is 5.97 Å². The summed E-state index contributed by atoms with van der Waals surface area (Å²) < 4.78 is 13.8. The van der Waals surface area contributed by atoms with Crippen LogP contribution in [0.5, 0.6) is 0 Å². The van der Waals surface area contributed by atoms with Gasteiger partial charge in [0.2, 0.25) is 0 Å². The van der Waals surface area contributed by atoms with Crippen molar-refractivity contribution in [1.29, 1.82) is 0 Å². The first-order valence-corrected chi connectivity index (χ1v) is 10.6. The van der Waals surface area contributed by atoms with Gasteiger partial charge in [-0.1, -0.05) is 6.92 Å². The predicted octanol–water partition coefficient (Wildman–Crippen LogP) is 5.42. The van der Waals surface area contributed by atoms with Crippen LogP contribution in [-0.2, 0) is 0 Å². The number of hydrogen-bond donors (Lipinski definition) is 2. The number of imidazole rings is 1. The summed E-state index contributed by atoms with van der Waals surface area (Å²) in [7, 11) is 0. The van der Waals surface area contributed by atoms with Crippen molar-refractivity contribution in [3.05, 3.63) is 65.6 Å². The first kappa shape index (κ1) is 19.6. The van der Waals surface area contributed by atoms with Gasteiger partial charge in [-0.15, -0.1) is 0 Å². The van der Waals surface area contributed by atoms with E-state index in [1.165, 1.54) is 23.9 Å². The Hall–Kier alpha value is -3.35. The van der Waals surface area contributed by atoms with Gasteiger partial charge in [0.15, 0.2) is 0 Å². The number of aromatic amines is 1. The van der Waals surface area contributed by atoms with Crippen molar-refractivity contribution in [2.75, 3.05) is 0 Å². The van der Waals surface area contributed by atoms with Gasteiger partial charge in [0.05, 0.1) is 22.7 Å². The number of nitrogens with one attached hydrogen (secondary N) is 1. The minimum atomic E-state index is -1.05. The highest BCUT2D eigenvalue weighted by Crippen LogP contribution is 2.42. The smallest absolute Gasteiger partial charge is 0.354 e. The first-order chi connectivity index (χ1) is 15.0. The van der Waals surface area contributed by atoms with Crippen molar-refractivity contribution in [1.82, 2.24) is 19.9 Å². The number of fused-ring (bicyclic) bond motifs is 2. The molecule has 158 valence electrons. The SMILES string of the molecule is C[C@@H](c1nc2cc(C(=O)O)ncc2[nH]1)C1CCC(c2ccnc3ccc(F)cc23)CC1. The fourth-order valence-corrected chi connectivity index (χ4v) is 4.91. The van der Waals surface area contributed by atoms with Gasteiger partial charge in [0, 0.05) is 17.5 Å². The number of nitrogens with zero attached hydrogens (tertiary/aromatic N) is 3. The molecule has 0 unspecified atom stereocenters. The number of carboxylic acids is 1. The zero-order valence-electron chi connectivity index (χ0n) is 17.2. The third-order valence-electron chi connectivity index (χ3n) is 6.69. The quantitative estimate of drug-likeness (QED) is 0.462. The van der Waals surface area contributed by atoms with Crippen LogP contribution in [0.1, 0.15) is 66.3 Å². The van der Waals surface area contributed by atoms with Crippen LogP contribution in [0.3, 0.4) is 0 Å². The molecule has 1 saturated carbocycles. The number of pyridine rings is 2. The van der Waals surface area contributed by atoms with Crippen LogP contribution in [0.2, 0.25) is 0 Å². The number of aromatic nitrogens is 4. The van der Waals surface area contributed by atoms with Crippen molar-refractivity contribution in [3.63, 3.8) is 0 Å². The van der Waals surface area contributed by atoms with E-state index in [-0.39, 0.29) is 17.4 Å². The molecule has 6 nitrogen and oxygen atoms in total. The lowest BCUT2D eigenvalue weighted by Crippen LogP contribution is -2.19. The second-order valence-corrected chi connectivity index (χ2v) is 8.48. The summed E-state index contributed by atoms with van der Waals surface area (Å²) in [6.07, 6.45) is 7.54. The summed E-state index contributed by atoms with van der Waals surface area (Å²) in [5.74, 6) is 0.700. The third kappa shape index (κ3) is 3.65. The molecule has 0 bridgehead atoms. The van der Waals surface area contributed by atoms with Crippen LogP contribution >= 0.6 is 0 Å². The highest BCUT2D eigenvalue weighted by Gasteiger charge is 2.29. The Morgan fingerprint density at radius 2 is 1.94 bits per heavy atom. The van der Waals surface area contributed by atoms with E-state index in [0.29, 0.717) is 17.4 Å². The Labute approximate surface area is 178 Å². The highest BCUT2D eigenvalue weighted by molar-refractivity contribution is 5.89. The van der Waals surface area contributed by atoms with E-state index in [0.717, 1.165) is 47.9 Å². The molecule has 3 heterocycles. The fraction of sp³-hybridized carbons (Fsp3) is 0.333. The van der Waals surface area contributed by atoms with Crippen LogP contribution in [-0.4, -0.2) is 31.0 Å². The molecule has 1 atom stereocenters. The van der Waals surface area contributed by atoms with Crippen LogP contribution < -0.4 is 0 Å². The molecule has 1 fully saturated rings. The lowest BCUT2D eigenvalue weighted by Gasteiger charge is -2.32. The Bertz CT molecular complexity index is 1280. The summed E-state index contributed by atoms with van der Waals surface area (Å²) in [4.78, 5) is 27.5. The molecule has 4 aromatic rings. The minimum Gasteiger partial charge on any atom is -0.477 e. The maximum absolute atomic E-state index is 13.8. The van der Waals surface area contributed by atoms with E-state index >= 15 is 0 Å². The van der Waals surface area contributed by atoms with Crippen molar-refractivity contribution < 1.29 is 14.3 Å². The number of carboxylic acid groups (broad SMARTS) is 1. The van der Waals surface area contributed by atoms with E-state index < -0.39 is 5.97 Å². The molecule has 0 saturated heterocycles. The van der Waals surface area contributed by atoms with E-state index in [9.17, 15) is 9.18 Å². The van der Waals surface area contributed by atoms with Gasteiger partial charge < -0.3 is 10.1 Å². The second-order valence-electron chi connectivity index (χ2n) is 8.48. The maximum Gasteiger partial charge on any atom is 0.354 e. The minimum absolute atomic E-state index is 0.000254. The lowest BCUT2D eigenvalue weighted by atomic mass is 9.73. The van der Waals surface area contributed by atoms with E-state index in [1.807, 2.05) is 12.3 Å². The van der Waals surface area contributed by atoms with Gasteiger partial charge in [0.25, 0.3) is 0 Å². The fourth-order valence-electron chi connectivity index (χ4n) is 4.91. The summed E-state index contributed by atoms with van der Waals surface area (Å²) in [5.41, 5.74) is 3.41. The standard InChI is InChI=1S/C24H23FN4O2/c1-13(23-28-20-11-21(24(30)31)27-12-22(20)29-23)14-2-4-15(5-3-14)17-8-9-26-19-7-6-16(25)10-18(17)19/h6-15H,2-5H2,1H3,(H,28,29)(H,30,31)/t13-,14?,15?/m1/s1. The van der Waals surface area contributed by atoms with Crippen molar-refractivity contribution in [2.24, 2.45) is 5.92 Å². The van der Waals surface area contributed by atoms with E-state index in [4.69, 9.17) is 5.11 Å². The molecular weight excluding hydrogens is 395 g/mol. The number of rotatable bonds is 4. The number of hydrogen-bond acceptors (Lipinski definition) is 4. The molecular formula is C24H23FN4O2. The van der Waals surface area contributed by atoms with E-state index in [1.54, 1.807) is 12.1 Å². The summed E-state index contributed by atoms with van der Waals surface area (Å²) in [5, 5.41) is 10.1. The largest absolute Gasteiger partial charge is 0.477 e. The molecule has 7 heteroatoms. The summed E-state index contributed by atoms with van der Waals surface area (Å²) >= 11 is 0. The monoisotopic (exact) mass is 418 g/mol. The summed E-state index contributed by atoms with van der Waals surface area (Å²) in [6, 6.07) is 8.34. The molecule has 1 aliphatic carbocycles. The molecule has 3 aromatic heterocycles. The van der Waals surface area contributed by atoms with Crippen LogP contribution in [0, 0.1) is 11.7 Å². The van der Waals surface area contributed by atoms with Gasteiger partial charge in [0.1, 0.15) is 17.3 Å². The number of H-pyrrole nitrogens is 1. The first-order valence-electron chi connectivity index (χ1n) is 10.6. The molecule has 5 rings (SSSR count). The zero-order valence-corrected chi connectivity index (χ0v) is 17.2. The van der Waals surface area contributed by atoms with Gasteiger partial charge in [-0.05, 0) is 73.4 Å². The second kappa shape index (κ2) is 7.72. The molecule has 31 heavy (non-hydrogen) atoms. The Morgan fingerprint density at radius 3 is 2.71 bits per heavy atom. The highest BCUT2D eigenvalue weighted by atomic mass is 19.1. The molecule has 0 spiro atoms.